The summed E-state index contributed by atoms with van der Waals surface area (Å²) >= 11 is 6.00. The van der Waals surface area contributed by atoms with Gasteiger partial charge >= 0.3 is 0 Å². The van der Waals surface area contributed by atoms with Crippen molar-refractivity contribution in [1.82, 2.24) is 5.32 Å². The van der Waals surface area contributed by atoms with Crippen LogP contribution in [0, 0.1) is 6.92 Å². The highest BCUT2D eigenvalue weighted by atomic mass is 35.5. The van der Waals surface area contributed by atoms with Crippen molar-refractivity contribution in [3.05, 3.63) is 28.3 Å². The second-order valence-corrected chi connectivity index (χ2v) is 4.07. The van der Waals surface area contributed by atoms with Gasteiger partial charge in [-0.1, -0.05) is 11.6 Å². The maximum Gasteiger partial charge on any atom is 0.222 e. The van der Waals surface area contributed by atoms with E-state index in [2.05, 4.69) is 5.32 Å². The van der Waals surface area contributed by atoms with Gasteiger partial charge in [0.1, 0.15) is 5.75 Å². The number of methoxy groups -OCH3 is 1. The number of hydrogen-bond acceptors (Lipinski definition) is 3. The van der Waals surface area contributed by atoms with Crippen molar-refractivity contribution in [3.63, 3.8) is 0 Å². The molecule has 5 heteroatoms. The summed E-state index contributed by atoms with van der Waals surface area (Å²) in [7, 11) is 1.56. The first-order valence-corrected chi connectivity index (χ1v) is 5.67. The summed E-state index contributed by atoms with van der Waals surface area (Å²) in [6, 6.07) is 3.60. The topological polar surface area (TPSA) is 58.6 Å². The number of aryl methyl sites for hydroxylation is 1. The van der Waals surface area contributed by atoms with Crippen LogP contribution in [0.3, 0.4) is 0 Å². The van der Waals surface area contributed by atoms with E-state index in [1.54, 1.807) is 13.2 Å². The molecule has 1 rings (SSSR count). The van der Waals surface area contributed by atoms with E-state index in [-0.39, 0.29) is 18.9 Å². The van der Waals surface area contributed by atoms with E-state index in [1.807, 2.05) is 13.0 Å². The summed E-state index contributed by atoms with van der Waals surface area (Å²) in [4.78, 5) is 11.2. The van der Waals surface area contributed by atoms with Gasteiger partial charge in [0.15, 0.2) is 0 Å². The summed E-state index contributed by atoms with van der Waals surface area (Å²) < 4.78 is 5.09. The minimum Gasteiger partial charge on any atom is -0.495 e. The largest absolute Gasteiger partial charge is 0.495 e. The molecule has 1 aromatic carbocycles. The zero-order valence-corrected chi connectivity index (χ0v) is 10.7. The second kappa shape index (κ2) is 6.47. The molecule has 0 aromatic heterocycles. The average molecular weight is 258 g/mol. The Hall–Kier alpha value is -1.26. The Kier molecular flexibility index (Phi) is 5.25. The van der Waals surface area contributed by atoms with Crippen molar-refractivity contribution in [2.24, 2.45) is 0 Å². The third kappa shape index (κ3) is 3.91. The molecule has 1 amide bonds. The minimum atomic E-state index is -0.182. The molecule has 0 radical (unpaired) electrons. The molecule has 2 N–H and O–H groups in total. The van der Waals surface area contributed by atoms with Crippen molar-refractivity contribution in [1.29, 1.82) is 0 Å². The molecule has 0 unspecified atom stereocenters. The van der Waals surface area contributed by atoms with Crippen molar-refractivity contribution in [2.75, 3.05) is 13.7 Å². The van der Waals surface area contributed by atoms with Crippen molar-refractivity contribution in [2.45, 2.75) is 19.9 Å². The first kappa shape index (κ1) is 13.8. The first-order valence-electron chi connectivity index (χ1n) is 5.29. The fourth-order valence-corrected chi connectivity index (χ4v) is 1.69. The summed E-state index contributed by atoms with van der Waals surface area (Å²) in [5, 5.41) is 11.8. The van der Waals surface area contributed by atoms with Crippen LogP contribution < -0.4 is 10.1 Å². The van der Waals surface area contributed by atoms with Crippen LogP contribution in [-0.2, 0) is 11.3 Å². The zero-order valence-electron chi connectivity index (χ0n) is 9.92. The number of aliphatic hydroxyl groups is 1. The van der Waals surface area contributed by atoms with E-state index in [0.717, 1.165) is 11.1 Å². The van der Waals surface area contributed by atoms with Crippen LogP contribution in [0.25, 0.3) is 0 Å². The number of amides is 1. The van der Waals surface area contributed by atoms with E-state index in [1.165, 1.54) is 0 Å². The Balaban J connectivity index is 2.72. The van der Waals surface area contributed by atoms with Gasteiger partial charge in [-0.2, -0.15) is 0 Å². The molecular weight excluding hydrogens is 242 g/mol. The number of halogens is 1. The SMILES string of the molecule is COc1cc(C)c(CNC(=O)CCO)cc1Cl. The fourth-order valence-electron chi connectivity index (χ4n) is 1.43. The Morgan fingerprint density at radius 3 is 2.82 bits per heavy atom. The third-order valence-corrected chi connectivity index (χ3v) is 2.72. The number of aliphatic hydroxyl groups excluding tert-OH is 1. The minimum absolute atomic E-state index is 0.114. The molecule has 0 aliphatic carbocycles. The highest BCUT2D eigenvalue weighted by Gasteiger charge is 2.07. The van der Waals surface area contributed by atoms with Gasteiger partial charge in [-0.3, -0.25) is 4.79 Å². The van der Waals surface area contributed by atoms with Crippen LogP contribution in [0.4, 0.5) is 0 Å². The summed E-state index contributed by atoms with van der Waals surface area (Å²) in [5.74, 6) is 0.438. The van der Waals surface area contributed by atoms with Crippen LogP contribution in [0.1, 0.15) is 17.5 Å². The molecule has 0 aliphatic heterocycles. The van der Waals surface area contributed by atoms with Crippen LogP contribution in [0.15, 0.2) is 12.1 Å². The second-order valence-electron chi connectivity index (χ2n) is 3.66. The molecule has 0 bridgehead atoms. The van der Waals surface area contributed by atoms with Gasteiger partial charge in [0.25, 0.3) is 0 Å². The molecule has 1 aromatic rings. The van der Waals surface area contributed by atoms with Gasteiger partial charge in [-0.05, 0) is 30.2 Å². The number of ether oxygens (including phenoxy) is 1. The van der Waals surface area contributed by atoms with Gasteiger partial charge in [0, 0.05) is 13.0 Å². The first-order chi connectivity index (χ1) is 8.08. The molecule has 94 valence electrons. The zero-order chi connectivity index (χ0) is 12.8. The molecular formula is C12H16ClNO3. The van der Waals surface area contributed by atoms with Crippen LogP contribution in [0.2, 0.25) is 5.02 Å². The van der Waals surface area contributed by atoms with Crippen molar-refractivity contribution in [3.8, 4) is 5.75 Å². The van der Waals surface area contributed by atoms with Crippen LogP contribution in [-0.4, -0.2) is 24.7 Å². The van der Waals surface area contributed by atoms with E-state index in [9.17, 15) is 4.79 Å². The number of carbonyl (C=O) groups excluding carboxylic acids is 1. The highest BCUT2D eigenvalue weighted by Crippen LogP contribution is 2.27. The Labute approximate surface area is 106 Å². The lowest BCUT2D eigenvalue weighted by Crippen LogP contribution is -2.23. The molecule has 4 nitrogen and oxygen atoms in total. The predicted octanol–water partition coefficient (Wildman–Crippen LogP) is 1.66. The van der Waals surface area contributed by atoms with Crippen molar-refractivity contribution >= 4 is 17.5 Å². The van der Waals surface area contributed by atoms with Gasteiger partial charge in [-0.15, -0.1) is 0 Å². The molecule has 0 aliphatic rings. The van der Waals surface area contributed by atoms with Crippen LogP contribution in [0.5, 0.6) is 5.75 Å². The number of carbonyl (C=O) groups is 1. The van der Waals surface area contributed by atoms with E-state index in [0.29, 0.717) is 17.3 Å². The Morgan fingerprint density at radius 1 is 1.53 bits per heavy atom. The number of benzene rings is 1. The van der Waals surface area contributed by atoms with Gasteiger partial charge in [-0.25, -0.2) is 0 Å². The fraction of sp³-hybridized carbons (Fsp3) is 0.417. The smallest absolute Gasteiger partial charge is 0.222 e. The lowest BCUT2D eigenvalue weighted by atomic mass is 10.1. The molecule has 0 heterocycles. The van der Waals surface area contributed by atoms with Gasteiger partial charge in [0.2, 0.25) is 5.91 Å². The normalized spacial score (nSPS) is 10.1. The average Bonchev–Trinajstić information content (AvgIpc) is 2.30. The van der Waals surface area contributed by atoms with Gasteiger partial charge < -0.3 is 15.2 Å². The molecule has 0 spiro atoms. The Bertz CT molecular complexity index is 407. The van der Waals surface area contributed by atoms with E-state index < -0.39 is 0 Å². The lowest BCUT2D eigenvalue weighted by Gasteiger charge is -2.11. The Morgan fingerprint density at radius 2 is 2.24 bits per heavy atom. The molecule has 0 saturated heterocycles. The number of hydrogen-bond donors (Lipinski definition) is 2. The summed E-state index contributed by atoms with van der Waals surface area (Å²) in [5.41, 5.74) is 1.93. The third-order valence-electron chi connectivity index (χ3n) is 2.43. The van der Waals surface area contributed by atoms with Crippen LogP contribution >= 0.6 is 11.6 Å². The summed E-state index contributed by atoms with van der Waals surface area (Å²) in [6.45, 7) is 2.18. The monoisotopic (exact) mass is 257 g/mol. The molecule has 0 atom stereocenters. The molecule has 0 fully saturated rings. The van der Waals surface area contributed by atoms with E-state index in [4.69, 9.17) is 21.4 Å². The highest BCUT2D eigenvalue weighted by molar-refractivity contribution is 6.32. The van der Waals surface area contributed by atoms with Crippen molar-refractivity contribution < 1.29 is 14.6 Å². The quantitative estimate of drug-likeness (QED) is 0.843. The number of rotatable bonds is 5. The standard InChI is InChI=1S/C12H16ClNO3/c1-8-5-11(17-2)10(13)6-9(8)7-14-12(16)3-4-15/h5-6,15H,3-4,7H2,1-2H3,(H,14,16). The van der Waals surface area contributed by atoms with Gasteiger partial charge in [0.05, 0.1) is 18.7 Å². The maximum absolute atomic E-state index is 11.2. The van der Waals surface area contributed by atoms with E-state index >= 15 is 0 Å². The summed E-state index contributed by atoms with van der Waals surface area (Å²) in [6.07, 6.45) is 0.114. The lowest BCUT2D eigenvalue weighted by molar-refractivity contribution is -0.121. The molecule has 17 heavy (non-hydrogen) atoms. The number of nitrogens with one attached hydrogen (secondary N) is 1. The molecule has 0 saturated carbocycles. The maximum atomic E-state index is 11.2. The predicted molar refractivity (Wildman–Crippen MR) is 66.3 cm³/mol.